The quantitative estimate of drug-likeness (QED) is 0.576. The van der Waals surface area contributed by atoms with Crippen LogP contribution < -0.4 is 0 Å². The highest BCUT2D eigenvalue weighted by Gasteiger charge is 2.06. The van der Waals surface area contributed by atoms with Crippen LogP contribution in [0.3, 0.4) is 0 Å². The van der Waals surface area contributed by atoms with E-state index < -0.39 is 5.82 Å². The lowest BCUT2D eigenvalue weighted by Crippen LogP contribution is -1.81. The zero-order valence-electron chi connectivity index (χ0n) is 5.24. The Balaban J connectivity index is 3.35. The largest absolute Gasteiger partial charge is 0.204 e. The van der Waals surface area contributed by atoms with Crippen LogP contribution in [0.2, 0.25) is 10.0 Å². The molecule has 0 aliphatic heterocycles. The van der Waals surface area contributed by atoms with Gasteiger partial charge in [0.25, 0.3) is 0 Å². The van der Waals surface area contributed by atoms with Crippen molar-refractivity contribution >= 4 is 23.2 Å². The lowest BCUT2D eigenvalue weighted by atomic mass is 10.2. The van der Waals surface area contributed by atoms with Crippen LogP contribution in [0.5, 0.6) is 0 Å². The minimum atomic E-state index is -0.688. The van der Waals surface area contributed by atoms with Crippen molar-refractivity contribution in [1.82, 2.24) is 0 Å². The highest BCUT2D eigenvalue weighted by molar-refractivity contribution is 6.35. The molecule has 0 fully saturated rings. The highest BCUT2D eigenvalue weighted by atomic mass is 35.5. The normalized spacial score (nSPS) is 9.27. The molecule has 0 radical (unpaired) electrons. The summed E-state index contributed by atoms with van der Waals surface area (Å²) in [7, 11) is 0. The van der Waals surface area contributed by atoms with Crippen molar-refractivity contribution in [2.75, 3.05) is 0 Å². The molecule has 0 unspecified atom stereocenters. The molecule has 0 atom stereocenters. The maximum absolute atomic E-state index is 12.7. The number of halogens is 3. The minimum Gasteiger partial charge on any atom is -0.204 e. The van der Waals surface area contributed by atoms with Gasteiger partial charge in [-0.25, -0.2) is 4.39 Å². The SMILES string of the molecule is N#Cc1cc(Cl)c(F)c(Cl)c1. The van der Waals surface area contributed by atoms with Gasteiger partial charge in [-0.3, -0.25) is 0 Å². The van der Waals surface area contributed by atoms with Crippen molar-refractivity contribution < 1.29 is 4.39 Å². The Morgan fingerprint density at radius 2 is 1.73 bits per heavy atom. The molecule has 11 heavy (non-hydrogen) atoms. The van der Waals surface area contributed by atoms with Crippen LogP contribution in [0, 0.1) is 17.1 Å². The Kier molecular flexibility index (Phi) is 2.33. The molecule has 0 spiro atoms. The molecule has 0 N–H and O–H groups in total. The van der Waals surface area contributed by atoms with Crippen LogP contribution in [-0.4, -0.2) is 0 Å². The Bertz CT molecular complexity index is 307. The zero-order valence-corrected chi connectivity index (χ0v) is 6.75. The number of hydrogen-bond acceptors (Lipinski definition) is 1. The van der Waals surface area contributed by atoms with Gasteiger partial charge in [-0.2, -0.15) is 5.26 Å². The monoisotopic (exact) mass is 189 g/mol. The van der Waals surface area contributed by atoms with E-state index in [1.807, 2.05) is 0 Å². The predicted molar refractivity (Wildman–Crippen MR) is 41.1 cm³/mol. The van der Waals surface area contributed by atoms with E-state index >= 15 is 0 Å². The van der Waals surface area contributed by atoms with Crippen LogP contribution in [0.15, 0.2) is 12.1 Å². The topological polar surface area (TPSA) is 23.8 Å². The second-order valence-electron chi connectivity index (χ2n) is 1.87. The third-order valence-electron chi connectivity index (χ3n) is 1.11. The Morgan fingerprint density at radius 1 is 1.27 bits per heavy atom. The summed E-state index contributed by atoms with van der Waals surface area (Å²) in [6.07, 6.45) is 0. The van der Waals surface area contributed by atoms with E-state index in [9.17, 15) is 4.39 Å². The van der Waals surface area contributed by atoms with E-state index in [2.05, 4.69) is 0 Å². The second kappa shape index (κ2) is 3.08. The van der Waals surface area contributed by atoms with Crippen molar-refractivity contribution in [3.05, 3.63) is 33.6 Å². The van der Waals surface area contributed by atoms with Crippen molar-refractivity contribution in [3.8, 4) is 6.07 Å². The minimum absolute atomic E-state index is 0.131. The maximum Gasteiger partial charge on any atom is 0.160 e. The summed E-state index contributed by atoms with van der Waals surface area (Å²) in [5.74, 6) is -0.688. The Hall–Kier alpha value is -0.780. The molecule has 4 heteroatoms. The summed E-state index contributed by atoms with van der Waals surface area (Å²) in [6.45, 7) is 0. The van der Waals surface area contributed by atoms with Crippen molar-refractivity contribution in [2.45, 2.75) is 0 Å². The first-order valence-electron chi connectivity index (χ1n) is 2.70. The van der Waals surface area contributed by atoms with Gasteiger partial charge in [0.05, 0.1) is 21.7 Å². The average molecular weight is 190 g/mol. The van der Waals surface area contributed by atoms with Crippen LogP contribution in [-0.2, 0) is 0 Å². The first kappa shape index (κ1) is 8.32. The first-order valence-corrected chi connectivity index (χ1v) is 3.45. The summed E-state index contributed by atoms with van der Waals surface area (Å²) in [6, 6.07) is 4.25. The van der Waals surface area contributed by atoms with Gasteiger partial charge in [-0.1, -0.05) is 23.2 Å². The number of nitrogens with zero attached hydrogens (tertiary/aromatic N) is 1. The standard InChI is InChI=1S/C7H2Cl2FN/c8-5-1-4(3-11)2-6(9)7(5)10/h1-2H. The summed E-state index contributed by atoms with van der Waals surface area (Å²) in [4.78, 5) is 0. The smallest absolute Gasteiger partial charge is 0.160 e. The van der Waals surface area contributed by atoms with Gasteiger partial charge in [-0.15, -0.1) is 0 Å². The van der Waals surface area contributed by atoms with Gasteiger partial charge < -0.3 is 0 Å². The van der Waals surface area contributed by atoms with E-state index in [-0.39, 0.29) is 15.6 Å². The molecule has 0 aromatic heterocycles. The third-order valence-corrected chi connectivity index (χ3v) is 1.66. The molecule has 56 valence electrons. The van der Waals surface area contributed by atoms with Crippen molar-refractivity contribution in [3.63, 3.8) is 0 Å². The summed E-state index contributed by atoms with van der Waals surface area (Å²) < 4.78 is 12.7. The van der Waals surface area contributed by atoms with E-state index in [0.29, 0.717) is 0 Å². The molecule has 0 heterocycles. The molecule has 1 aromatic rings. The molecule has 0 bridgehead atoms. The molecule has 1 aromatic carbocycles. The lowest BCUT2D eigenvalue weighted by Gasteiger charge is -1.96. The summed E-state index contributed by atoms with van der Waals surface area (Å²) in [5.41, 5.74) is 0.251. The molecular weight excluding hydrogens is 188 g/mol. The fourth-order valence-electron chi connectivity index (χ4n) is 0.620. The van der Waals surface area contributed by atoms with Crippen molar-refractivity contribution in [1.29, 1.82) is 5.26 Å². The Labute approximate surface area is 73.0 Å². The van der Waals surface area contributed by atoms with Gasteiger partial charge in [0.2, 0.25) is 0 Å². The summed E-state index contributed by atoms with van der Waals surface area (Å²) >= 11 is 10.8. The van der Waals surface area contributed by atoms with Gasteiger partial charge >= 0.3 is 0 Å². The van der Waals surface area contributed by atoms with E-state index in [0.717, 1.165) is 0 Å². The van der Waals surface area contributed by atoms with Crippen LogP contribution in [0.1, 0.15) is 5.56 Å². The fraction of sp³-hybridized carbons (Fsp3) is 0. The molecule has 1 nitrogen and oxygen atoms in total. The van der Waals surface area contributed by atoms with Gasteiger partial charge in [0.1, 0.15) is 0 Å². The van der Waals surface area contributed by atoms with E-state index in [1.54, 1.807) is 6.07 Å². The number of nitriles is 1. The third kappa shape index (κ3) is 1.62. The lowest BCUT2D eigenvalue weighted by molar-refractivity contribution is 0.628. The van der Waals surface area contributed by atoms with E-state index in [1.165, 1.54) is 12.1 Å². The molecule has 0 amide bonds. The summed E-state index contributed by atoms with van der Waals surface area (Å²) in [5, 5.41) is 8.13. The van der Waals surface area contributed by atoms with E-state index in [4.69, 9.17) is 28.5 Å². The number of hydrogen-bond donors (Lipinski definition) is 0. The number of rotatable bonds is 0. The van der Waals surface area contributed by atoms with Crippen molar-refractivity contribution in [2.24, 2.45) is 0 Å². The van der Waals surface area contributed by atoms with Crippen LogP contribution in [0.25, 0.3) is 0 Å². The van der Waals surface area contributed by atoms with Crippen LogP contribution >= 0.6 is 23.2 Å². The Morgan fingerprint density at radius 3 is 2.09 bits per heavy atom. The van der Waals surface area contributed by atoms with Crippen LogP contribution in [0.4, 0.5) is 4.39 Å². The molecule has 0 aliphatic carbocycles. The number of benzene rings is 1. The second-order valence-corrected chi connectivity index (χ2v) is 2.68. The van der Waals surface area contributed by atoms with Gasteiger partial charge in [0.15, 0.2) is 5.82 Å². The molecule has 0 saturated heterocycles. The maximum atomic E-state index is 12.7. The average Bonchev–Trinajstić information content (AvgIpc) is 1.99. The predicted octanol–water partition coefficient (Wildman–Crippen LogP) is 3.00. The van der Waals surface area contributed by atoms with Gasteiger partial charge in [-0.05, 0) is 12.1 Å². The molecule has 1 rings (SSSR count). The molecular formula is C7H2Cl2FN. The molecule has 0 aliphatic rings. The first-order chi connectivity index (χ1) is 5.15. The zero-order chi connectivity index (χ0) is 8.43. The molecule has 0 saturated carbocycles. The highest BCUT2D eigenvalue weighted by Crippen LogP contribution is 2.23. The fourth-order valence-corrected chi connectivity index (χ4v) is 1.11. The van der Waals surface area contributed by atoms with Gasteiger partial charge in [0, 0.05) is 0 Å².